The number of nitro groups is 1. The topological polar surface area (TPSA) is 118 Å². The number of carbonyl (C=O) groups is 1. The standard InChI is InChI=1S/C26H17FN4O4S/c27-20-8-6-17(7-9-20)23-16-36-26(30-23)19(14-28)12-18-13-22(31(33)34)10-11-24(18)35-15-25(32)29-21-4-2-1-3-5-21/h1-13,16H,15H2,(H,29,32). The lowest BCUT2D eigenvalue weighted by Crippen LogP contribution is -2.20. The van der Waals surface area contributed by atoms with Crippen LogP contribution in [-0.2, 0) is 4.79 Å². The third-order valence-corrected chi connectivity index (χ3v) is 5.79. The molecule has 1 amide bonds. The highest BCUT2D eigenvalue weighted by Crippen LogP contribution is 2.31. The number of carbonyl (C=O) groups excluding carboxylic acids is 1. The molecular weight excluding hydrogens is 483 g/mol. The van der Waals surface area contributed by atoms with Crippen LogP contribution in [0.3, 0.4) is 0 Å². The van der Waals surface area contributed by atoms with E-state index < -0.39 is 10.8 Å². The molecule has 0 spiro atoms. The van der Waals surface area contributed by atoms with Crippen molar-refractivity contribution in [2.45, 2.75) is 0 Å². The van der Waals surface area contributed by atoms with Gasteiger partial charge in [-0.15, -0.1) is 11.3 Å². The average Bonchev–Trinajstić information content (AvgIpc) is 3.37. The van der Waals surface area contributed by atoms with Gasteiger partial charge in [0.15, 0.2) is 6.61 Å². The number of anilines is 1. The zero-order chi connectivity index (χ0) is 25.5. The zero-order valence-electron chi connectivity index (χ0n) is 18.6. The Hall–Kier alpha value is -4.88. The number of ether oxygens (including phenoxy) is 1. The van der Waals surface area contributed by atoms with Crippen LogP contribution in [0.1, 0.15) is 10.6 Å². The van der Waals surface area contributed by atoms with E-state index in [9.17, 15) is 24.6 Å². The second-order valence-corrected chi connectivity index (χ2v) is 8.25. The average molecular weight is 501 g/mol. The molecule has 10 heteroatoms. The summed E-state index contributed by atoms with van der Waals surface area (Å²) in [6.45, 7) is -0.346. The molecule has 4 rings (SSSR count). The van der Waals surface area contributed by atoms with Gasteiger partial charge in [0.2, 0.25) is 0 Å². The van der Waals surface area contributed by atoms with Crippen LogP contribution >= 0.6 is 11.3 Å². The van der Waals surface area contributed by atoms with Gasteiger partial charge in [-0.05, 0) is 48.5 Å². The van der Waals surface area contributed by atoms with Gasteiger partial charge in [-0.25, -0.2) is 9.37 Å². The molecule has 0 unspecified atom stereocenters. The highest BCUT2D eigenvalue weighted by molar-refractivity contribution is 7.11. The van der Waals surface area contributed by atoms with Crippen LogP contribution in [-0.4, -0.2) is 22.4 Å². The second kappa shape index (κ2) is 11.0. The van der Waals surface area contributed by atoms with E-state index in [1.54, 1.807) is 41.8 Å². The van der Waals surface area contributed by atoms with E-state index >= 15 is 0 Å². The first kappa shape index (κ1) is 24.3. The highest BCUT2D eigenvalue weighted by Gasteiger charge is 2.15. The van der Waals surface area contributed by atoms with Crippen LogP contribution in [0.5, 0.6) is 5.75 Å². The summed E-state index contributed by atoms with van der Waals surface area (Å²) in [6.07, 6.45) is 1.42. The molecule has 4 aromatic rings. The van der Waals surface area contributed by atoms with E-state index in [4.69, 9.17) is 4.74 Å². The van der Waals surface area contributed by atoms with Crippen LogP contribution in [0.15, 0.2) is 78.2 Å². The number of benzene rings is 3. The highest BCUT2D eigenvalue weighted by atomic mass is 32.1. The van der Waals surface area contributed by atoms with Gasteiger partial charge in [-0.3, -0.25) is 14.9 Å². The number of allylic oxidation sites excluding steroid dienone is 1. The zero-order valence-corrected chi connectivity index (χ0v) is 19.4. The minimum atomic E-state index is -0.564. The monoisotopic (exact) mass is 500 g/mol. The van der Waals surface area contributed by atoms with Crippen molar-refractivity contribution in [1.29, 1.82) is 5.26 Å². The lowest BCUT2D eigenvalue weighted by Gasteiger charge is -2.10. The molecule has 0 bridgehead atoms. The van der Waals surface area contributed by atoms with E-state index in [1.807, 2.05) is 6.07 Å². The third-order valence-electron chi connectivity index (χ3n) is 4.92. The number of thiazole rings is 1. The predicted molar refractivity (Wildman–Crippen MR) is 135 cm³/mol. The third kappa shape index (κ3) is 5.97. The van der Waals surface area contributed by atoms with Gasteiger partial charge < -0.3 is 10.1 Å². The van der Waals surface area contributed by atoms with Crippen LogP contribution in [0.25, 0.3) is 22.9 Å². The molecular formula is C26H17FN4O4S. The maximum Gasteiger partial charge on any atom is 0.270 e. The van der Waals surface area contributed by atoms with Gasteiger partial charge in [0.05, 0.1) is 16.2 Å². The summed E-state index contributed by atoms with van der Waals surface area (Å²) in [5, 5.41) is 25.9. The predicted octanol–water partition coefficient (Wildman–Crippen LogP) is 5.94. The normalized spacial score (nSPS) is 10.9. The van der Waals surface area contributed by atoms with Gasteiger partial charge >= 0.3 is 0 Å². The molecule has 0 fully saturated rings. The Morgan fingerprint density at radius 2 is 1.92 bits per heavy atom. The van der Waals surface area contributed by atoms with Gasteiger partial charge in [0, 0.05) is 34.3 Å². The van der Waals surface area contributed by atoms with Crippen LogP contribution in [0, 0.1) is 27.3 Å². The largest absolute Gasteiger partial charge is 0.483 e. The van der Waals surface area contributed by atoms with Gasteiger partial charge in [-0.1, -0.05) is 18.2 Å². The van der Waals surface area contributed by atoms with E-state index in [0.29, 0.717) is 22.0 Å². The Bertz CT molecular complexity index is 1480. The number of nitro benzene ring substituents is 1. The van der Waals surface area contributed by atoms with Crippen LogP contribution in [0.4, 0.5) is 15.8 Å². The molecule has 178 valence electrons. The minimum Gasteiger partial charge on any atom is -0.483 e. The SMILES string of the molecule is N#CC(=Cc1cc([N+](=O)[O-])ccc1OCC(=O)Nc1ccccc1)c1nc(-c2ccc(F)cc2)cs1. The summed E-state index contributed by atoms with van der Waals surface area (Å²) >= 11 is 1.20. The first-order valence-electron chi connectivity index (χ1n) is 10.5. The van der Waals surface area contributed by atoms with E-state index in [1.165, 1.54) is 47.7 Å². The number of nitriles is 1. The number of halogens is 1. The van der Waals surface area contributed by atoms with Crippen molar-refractivity contribution in [3.63, 3.8) is 0 Å². The number of rotatable bonds is 8. The molecule has 0 aliphatic rings. The fourth-order valence-corrected chi connectivity index (χ4v) is 4.00. The van der Waals surface area contributed by atoms with Crippen molar-refractivity contribution in [3.05, 3.63) is 105 Å². The number of amides is 1. The molecule has 1 N–H and O–H groups in total. The van der Waals surface area contributed by atoms with Crippen molar-refractivity contribution in [3.8, 4) is 23.1 Å². The number of non-ortho nitro benzene ring substituents is 1. The van der Waals surface area contributed by atoms with E-state index in [2.05, 4.69) is 16.4 Å². The summed E-state index contributed by atoms with van der Waals surface area (Å²) in [7, 11) is 0. The van der Waals surface area contributed by atoms with Crippen molar-refractivity contribution in [2.24, 2.45) is 0 Å². The molecule has 0 radical (unpaired) electrons. The van der Waals surface area contributed by atoms with Gasteiger partial charge in [0.1, 0.15) is 22.6 Å². The summed E-state index contributed by atoms with van der Waals surface area (Å²) in [4.78, 5) is 27.5. The molecule has 0 aliphatic heterocycles. The summed E-state index contributed by atoms with van der Waals surface area (Å²) < 4.78 is 18.9. The smallest absolute Gasteiger partial charge is 0.270 e. The van der Waals surface area contributed by atoms with Crippen LogP contribution < -0.4 is 10.1 Å². The molecule has 36 heavy (non-hydrogen) atoms. The number of aromatic nitrogens is 1. The molecule has 3 aromatic carbocycles. The Kier molecular flexibility index (Phi) is 7.43. The Morgan fingerprint density at radius 3 is 2.61 bits per heavy atom. The van der Waals surface area contributed by atoms with Gasteiger partial charge in [-0.2, -0.15) is 5.26 Å². The minimum absolute atomic E-state index is 0.146. The molecule has 0 saturated carbocycles. The Balaban J connectivity index is 1.60. The molecule has 0 aliphatic carbocycles. The second-order valence-electron chi connectivity index (χ2n) is 7.40. The molecule has 1 heterocycles. The Morgan fingerprint density at radius 1 is 1.17 bits per heavy atom. The fourth-order valence-electron chi connectivity index (χ4n) is 3.20. The summed E-state index contributed by atoms with van der Waals surface area (Å²) in [6, 6.07) is 20.6. The number of nitrogens with zero attached hydrogens (tertiary/aromatic N) is 3. The lowest BCUT2D eigenvalue weighted by molar-refractivity contribution is -0.384. The lowest BCUT2D eigenvalue weighted by atomic mass is 10.1. The van der Waals surface area contributed by atoms with E-state index in [-0.39, 0.29) is 35.0 Å². The first-order valence-corrected chi connectivity index (χ1v) is 11.4. The van der Waals surface area contributed by atoms with Crippen molar-refractivity contribution >= 4 is 40.3 Å². The number of hydrogen-bond donors (Lipinski definition) is 1. The summed E-state index contributed by atoms with van der Waals surface area (Å²) in [5.74, 6) is -0.604. The quantitative estimate of drug-likeness (QED) is 0.182. The molecule has 0 saturated heterocycles. The van der Waals surface area contributed by atoms with Crippen LogP contribution in [0.2, 0.25) is 0 Å². The number of nitrogens with one attached hydrogen (secondary N) is 1. The van der Waals surface area contributed by atoms with Crippen molar-refractivity contribution in [2.75, 3.05) is 11.9 Å². The Labute approximate surface area is 209 Å². The van der Waals surface area contributed by atoms with Crippen molar-refractivity contribution in [1.82, 2.24) is 4.98 Å². The van der Waals surface area contributed by atoms with E-state index in [0.717, 1.165) is 0 Å². The number of para-hydroxylation sites is 1. The summed E-state index contributed by atoms with van der Waals surface area (Å²) in [5.41, 5.74) is 2.02. The van der Waals surface area contributed by atoms with Gasteiger partial charge in [0.25, 0.3) is 11.6 Å². The maximum atomic E-state index is 13.2. The fraction of sp³-hybridized carbons (Fsp3) is 0.0385. The molecule has 8 nitrogen and oxygen atoms in total. The molecule has 1 aromatic heterocycles. The molecule has 0 atom stereocenters. The first-order chi connectivity index (χ1) is 17.4. The maximum absolute atomic E-state index is 13.2. The number of hydrogen-bond acceptors (Lipinski definition) is 7. The van der Waals surface area contributed by atoms with Crippen molar-refractivity contribution < 1.29 is 18.8 Å².